The molecule has 0 radical (unpaired) electrons. The first-order valence-electron chi connectivity index (χ1n) is 8.47. The van der Waals surface area contributed by atoms with Gasteiger partial charge in [0.25, 0.3) is 0 Å². The van der Waals surface area contributed by atoms with E-state index >= 15 is 0 Å². The Labute approximate surface area is 138 Å². The maximum Gasteiger partial charge on any atom is 0.237 e. The molecule has 128 valence electrons. The molecule has 1 aliphatic heterocycles. The molecule has 1 aromatic carbocycles. The Hall–Kier alpha value is -1.46. The second-order valence-electron chi connectivity index (χ2n) is 6.92. The second kappa shape index (κ2) is 8.41. The van der Waals surface area contributed by atoms with Crippen LogP contribution >= 0.6 is 0 Å². The molecular formula is C18H28FN3O. The summed E-state index contributed by atoms with van der Waals surface area (Å²) in [5, 5.41) is 3.08. The third-order valence-corrected chi connectivity index (χ3v) is 4.32. The quantitative estimate of drug-likeness (QED) is 0.845. The van der Waals surface area contributed by atoms with Gasteiger partial charge in [0.2, 0.25) is 5.91 Å². The van der Waals surface area contributed by atoms with E-state index in [1.807, 2.05) is 12.1 Å². The van der Waals surface area contributed by atoms with Crippen molar-refractivity contribution in [2.45, 2.75) is 51.7 Å². The van der Waals surface area contributed by atoms with Crippen molar-refractivity contribution in [1.82, 2.24) is 10.2 Å². The number of hydrogen-bond donors (Lipinski definition) is 2. The summed E-state index contributed by atoms with van der Waals surface area (Å²) in [4.78, 5) is 14.4. The van der Waals surface area contributed by atoms with E-state index in [-0.39, 0.29) is 17.8 Å². The molecule has 1 saturated heterocycles. The van der Waals surface area contributed by atoms with Gasteiger partial charge in [-0.05, 0) is 42.9 Å². The molecule has 0 aromatic heterocycles. The normalized spacial score (nSPS) is 18.1. The molecule has 0 saturated carbocycles. The molecule has 0 bridgehead atoms. The number of rotatable bonds is 6. The lowest BCUT2D eigenvalue weighted by molar-refractivity contribution is -0.123. The lowest BCUT2D eigenvalue weighted by Gasteiger charge is -2.33. The number of nitrogens with zero attached hydrogens (tertiary/aromatic N) is 1. The van der Waals surface area contributed by atoms with Gasteiger partial charge in [-0.2, -0.15) is 0 Å². The van der Waals surface area contributed by atoms with Gasteiger partial charge in [-0.1, -0.05) is 26.0 Å². The van der Waals surface area contributed by atoms with Crippen LogP contribution in [0.2, 0.25) is 0 Å². The highest BCUT2D eigenvalue weighted by molar-refractivity contribution is 5.81. The van der Waals surface area contributed by atoms with Crippen LogP contribution in [0.3, 0.4) is 0 Å². The third-order valence-electron chi connectivity index (χ3n) is 4.32. The minimum absolute atomic E-state index is 0.0318. The highest BCUT2D eigenvalue weighted by Crippen LogP contribution is 2.15. The van der Waals surface area contributed by atoms with Crippen molar-refractivity contribution in [1.29, 1.82) is 0 Å². The van der Waals surface area contributed by atoms with Crippen LogP contribution in [0.1, 0.15) is 38.7 Å². The number of carbonyl (C=O) groups excluding carboxylic acids is 1. The first-order valence-corrected chi connectivity index (χ1v) is 8.47. The maximum absolute atomic E-state index is 12.9. The Balaban J connectivity index is 1.73. The van der Waals surface area contributed by atoms with E-state index in [9.17, 15) is 9.18 Å². The fraction of sp³-hybridized carbons (Fsp3) is 0.611. The smallest absolute Gasteiger partial charge is 0.237 e. The first-order chi connectivity index (χ1) is 10.9. The van der Waals surface area contributed by atoms with Crippen LogP contribution in [-0.4, -0.2) is 36.0 Å². The molecule has 0 spiro atoms. The number of benzene rings is 1. The van der Waals surface area contributed by atoms with Gasteiger partial charge in [-0.3, -0.25) is 9.69 Å². The van der Waals surface area contributed by atoms with Gasteiger partial charge in [0.1, 0.15) is 5.82 Å². The summed E-state index contributed by atoms with van der Waals surface area (Å²) in [5.74, 6) is 0.192. The zero-order valence-electron chi connectivity index (χ0n) is 14.1. The van der Waals surface area contributed by atoms with E-state index in [4.69, 9.17) is 5.73 Å². The molecular weight excluding hydrogens is 293 g/mol. The van der Waals surface area contributed by atoms with Crippen molar-refractivity contribution in [2.24, 2.45) is 11.7 Å². The molecule has 3 N–H and O–H groups in total. The molecule has 5 heteroatoms. The fourth-order valence-corrected chi connectivity index (χ4v) is 3.01. The summed E-state index contributed by atoms with van der Waals surface area (Å²) < 4.78 is 12.9. The SMILES string of the molecule is CC(C)C[C@H](N)C(=O)NC1CCN(Cc2ccc(F)cc2)CC1. The number of carbonyl (C=O) groups is 1. The number of amides is 1. The predicted molar refractivity (Wildman–Crippen MR) is 90.3 cm³/mol. The summed E-state index contributed by atoms with van der Waals surface area (Å²) in [5.41, 5.74) is 7.04. The highest BCUT2D eigenvalue weighted by atomic mass is 19.1. The van der Waals surface area contributed by atoms with Crippen LogP contribution in [-0.2, 0) is 11.3 Å². The number of likely N-dealkylation sites (tertiary alicyclic amines) is 1. The molecule has 0 unspecified atom stereocenters. The molecule has 1 aromatic rings. The third kappa shape index (κ3) is 5.92. The molecule has 1 fully saturated rings. The zero-order chi connectivity index (χ0) is 16.8. The molecule has 1 amide bonds. The number of halogens is 1. The summed E-state index contributed by atoms with van der Waals surface area (Å²) in [7, 11) is 0. The van der Waals surface area contributed by atoms with Gasteiger partial charge >= 0.3 is 0 Å². The Kier molecular flexibility index (Phi) is 6.54. The molecule has 4 nitrogen and oxygen atoms in total. The van der Waals surface area contributed by atoms with Crippen LogP contribution in [0.25, 0.3) is 0 Å². The van der Waals surface area contributed by atoms with Gasteiger partial charge in [0, 0.05) is 25.7 Å². The van der Waals surface area contributed by atoms with Crippen molar-refractivity contribution in [3.63, 3.8) is 0 Å². The van der Waals surface area contributed by atoms with E-state index in [0.717, 1.165) is 44.5 Å². The van der Waals surface area contributed by atoms with Gasteiger partial charge in [-0.15, -0.1) is 0 Å². The molecule has 1 heterocycles. The van der Waals surface area contributed by atoms with Crippen LogP contribution < -0.4 is 11.1 Å². The van der Waals surface area contributed by atoms with E-state index in [2.05, 4.69) is 24.1 Å². The fourth-order valence-electron chi connectivity index (χ4n) is 3.01. The molecule has 0 aliphatic carbocycles. The Morgan fingerprint density at radius 2 is 1.91 bits per heavy atom. The largest absolute Gasteiger partial charge is 0.352 e. The average molecular weight is 321 g/mol. The van der Waals surface area contributed by atoms with Crippen molar-refractivity contribution in [3.8, 4) is 0 Å². The van der Waals surface area contributed by atoms with Crippen LogP contribution in [0.15, 0.2) is 24.3 Å². The Morgan fingerprint density at radius 3 is 2.48 bits per heavy atom. The van der Waals surface area contributed by atoms with Crippen LogP contribution in [0, 0.1) is 11.7 Å². The first kappa shape index (κ1) is 17.9. The van der Waals surface area contributed by atoms with Gasteiger partial charge in [0.15, 0.2) is 0 Å². The highest BCUT2D eigenvalue weighted by Gasteiger charge is 2.23. The van der Waals surface area contributed by atoms with Crippen molar-refractivity contribution < 1.29 is 9.18 Å². The minimum Gasteiger partial charge on any atom is -0.352 e. The maximum atomic E-state index is 12.9. The summed E-state index contributed by atoms with van der Waals surface area (Å²) in [6, 6.07) is 6.46. The van der Waals surface area contributed by atoms with E-state index in [1.165, 1.54) is 12.1 Å². The lowest BCUT2D eigenvalue weighted by Crippen LogP contribution is -2.49. The van der Waals surface area contributed by atoms with E-state index < -0.39 is 6.04 Å². The van der Waals surface area contributed by atoms with E-state index in [1.54, 1.807) is 0 Å². The molecule has 2 rings (SSSR count). The Morgan fingerprint density at radius 1 is 1.30 bits per heavy atom. The standard InChI is InChI=1S/C18H28FN3O/c1-13(2)11-17(20)18(23)21-16-7-9-22(10-8-16)12-14-3-5-15(19)6-4-14/h3-6,13,16-17H,7-12,20H2,1-2H3,(H,21,23)/t17-/m0/s1. The molecule has 1 atom stereocenters. The summed E-state index contributed by atoms with van der Waals surface area (Å²) >= 11 is 0. The summed E-state index contributed by atoms with van der Waals surface area (Å²) in [6.45, 7) is 6.83. The number of nitrogens with two attached hydrogens (primary N) is 1. The van der Waals surface area contributed by atoms with Gasteiger partial charge < -0.3 is 11.1 Å². The average Bonchev–Trinajstić information content (AvgIpc) is 2.51. The van der Waals surface area contributed by atoms with Crippen molar-refractivity contribution >= 4 is 5.91 Å². The van der Waals surface area contributed by atoms with Crippen molar-refractivity contribution in [3.05, 3.63) is 35.6 Å². The monoisotopic (exact) mass is 321 g/mol. The Bertz CT molecular complexity index is 495. The van der Waals surface area contributed by atoms with E-state index in [0.29, 0.717) is 5.92 Å². The van der Waals surface area contributed by atoms with Crippen molar-refractivity contribution in [2.75, 3.05) is 13.1 Å². The minimum atomic E-state index is -0.410. The second-order valence-corrected chi connectivity index (χ2v) is 6.92. The van der Waals surface area contributed by atoms with Gasteiger partial charge in [0.05, 0.1) is 6.04 Å². The molecule has 23 heavy (non-hydrogen) atoms. The lowest BCUT2D eigenvalue weighted by atomic mass is 10.0. The molecule has 1 aliphatic rings. The van der Waals surface area contributed by atoms with Gasteiger partial charge in [-0.25, -0.2) is 4.39 Å². The van der Waals surface area contributed by atoms with Crippen LogP contribution in [0.4, 0.5) is 4.39 Å². The zero-order valence-corrected chi connectivity index (χ0v) is 14.1. The van der Waals surface area contributed by atoms with Crippen LogP contribution in [0.5, 0.6) is 0 Å². The number of piperidine rings is 1. The number of hydrogen-bond acceptors (Lipinski definition) is 3. The number of nitrogens with one attached hydrogen (secondary N) is 1. The predicted octanol–water partition coefficient (Wildman–Crippen LogP) is 2.28. The topological polar surface area (TPSA) is 58.4 Å². The summed E-state index contributed by atoms with van der Waals surface area (Å²) in [6.07, 6.45) is 2.58.